The van der Waals surface area contributed by atoms with Crippen molar-refractivity contribution in [3.63, 3.8) is 0 Å². The number of para-hydroxylation sites is 1. The lowest BCUT2D eigenvalue weighted by atomic mass is 10.1. The molecular weight excluding hydrogens is 328 g/mol. The highest BCUT2D eigenvalue weighted by atomic mass is 16.5. The van der Waals surface area contributed by atoms with Crippen LogP contribution in [0.4, 0.5) is 5.69 Å². The van der Waals surface area contributed by atoms with Crippen LogP contribution < -0.4 is 14.8 Å². The van der Waals surface area contributed by atoms with Gasteiger partial charge in [0.05, 0.1) is 14.2 Å². The molecule has 0 saturated heterocycles. The number of aromatic amines is 1. The molecule has 3 aromatic carbocycles. The lowest BCUT2D eigenvalue weighted by molar-refractivity contribution is 0.102. The van der Waals surface area contributed by atoms with Crippen molar-refractivity contribution >= 4 is 33.4 Å². The summed E-state index contributed by atoms with van der Waals surface area (Å²) in [5.74, 6) is 0.921. The van der Waals surface area contributed by atoms with Crippen LogP contribution in [0.15, 0.2) is 60.7 Å². The summed E-state index contributed by atoms with van der Waals surface area (Å²) in [6.07, 6.45) is 0. The molecule has 1 amide bonds. The van der Waals surface area contributed by atoms with Crippen molar-refractivity contribution in [2.75, 3.05) is 19.5 Å². The number of nitrogens with one attached hydrogen (secondary N) is 2. The Bertz CT molecular complexity index is 1090. The third-order valence-corrected chi connectivity index (χ3v) is 4.38. The van der Waals surface area contributed by atoms with Gasteiger partial charge >= 0.3 is 0 Å². The fourth-order valence-electron chi connectivity index (χ4n) is 3.07. The summed E-state index contributed by atoms with van der Waals surface area (Å²) < 4.78 is 10.5. The van der Waals surface area contributed by atoms with Crippen LogP contribution in [0.5, 0.6) is 11.5 Å². The lowest BCUT2D eigenvalue weighted by Gasteiger charge is -2.09. The molecule has 4 rings (SSSR count). The minimum Gasteiger partial charge on any atom is -0.497 e. The molecule has 4 aromatic rings. The molecule has 1 aromatic heterocycles. The number of hydrogen-bond acceptors (Lipinski definition) is 3. The fraction of sp³-hybridized carbons (Fsp3) is 0.0952. The Morgan fingerprint density at radius 3 is 2.27 bits per heavy atom. The summed E-state index contributed by atoms with van der Waals surface area (Å²) in [5, 5.41) is 5.14. The smallest absolute Gasteiger partial charge is 0.255 e. The van der Waals surface area contributed by atoms with E-state index in [9.17, 15) is 4.79 Å². The number of aromatic nitrogens is 1. The van der Waals surface area contributed by atoms with Gasteiger partial charge in [-0.1, -0.05) is 18.2 Å². The van der Waals surface area contributed by atoms with Gasteiger partial charge in [-0.3, -0.25) is 4.79 Å². The molecule has 5 heteroatoms. The van der Waals surface area contributed by atoms with E-state index in [2.05, 4.69) is 16.4 Å². The molecule has 0 fully saturated rings. The lowest BCUT2D eigenvalue weighted by Crippen LogP contribution is -2.12. The molecule has 1 heterocycles. The Morgan fingerprint density at radius 1 is 0.846 bits per heavy atom. The van der Waals surface area contributed by atoms with Crippen molar-refractivity contribution in [2.24, 2.45) is 0 Å². The Hall–Kier alpha value is -3.47. The van der Waals surface area contributed by atoms with E-state index in [1.165, 1.54) is 0 Å². The summed E-state index contributed by atoms with van der Waals surface area (Å²) in [6.45, 7) is 0. The highest BCUT2D eigenvalue weighted by Gasteiger charge is 2.11. The largest absolute Gasteiger partial charge is 0.497 e. The number of anilines is 1. The molecule has 0 aliphatic carbocycles. The molecule has 2 N–H and O–H groups in total. The van der Waals surface area contributed by atoms with E-state index in [1.54, 1.807) is 32.4 Å². The van der Waals surface area contributed by atoms with E-state index in [0.717, 1.165) is 27.5 Å². The minimum absolute atomic E-state index is 0.221. The zero-order valence-corrected chi connectivity index (χ0v) is 14.5. The first-order chi connectivity index (χ1) is 12.7. The van der Waals surface area contributed by atoms with Crippen LogP contribution in [0.25, 0.3) is 21.8 Å². The van der Waals surface area contributed by atoms with E-state index in [4.69, 9.17) is 9.47 Å². The summed E-state index contributed by atoms with van der Waals surface area (Å²) in [7, 11) is 3.11. The van der Waals surface area contributed by atoms with E-state index >= 15 is 0 Å². The number of fused-ring (bicyclic) bond motifs is 3. The number of H-pyrrole nitrogens is 1. The quantitative estimate of drug-likeness (QED) is 0.568. The monoisotopic (exact) mass is 346 g/mol. The molecule has 0 bridgehead atoms. The van der Waals surface area contributed by atoms with Crippen LogP contribution in [0.2, 0.25) is 0 Å². The van der Waals surface area contributed by atoms with Crippen molar-refractivity contribution < 1.29 is 14.3 Å². The molecule has 0 aliphatic rings. The number of methoxy groups -OCH3 is 2. The topological polar surface area (TPSA) is 63.4 Å². The molecule has 0 radical (unpaired) electrons. The van der Waals surface area contributed by atoms with Gasteiger partial charge in [0, 0.05) is 39.1 Å². The Kier molecular flexibility index (Phi) is 3.97. The number of ether oxygens (including phenoxy) is 2. The summed E-state index contributed by atoms with van der Waals surface area (Å²) in [6, 6.07) is 19.0. The first kappa shape index (κ1) is 16.0. The van der Waals surface area contributed by atoms with E-state index in [0.29, 0.717) is 17.1 Å². The summed E-state index contributed by atoms with van der Waals surface area (Å²) in [5.41, 5.74) is 3.31. The SMILES string of the molecule is COc1cc(OC)cc(C(=O)Nc2ccc3[nH]c4ccccc4c3c2)c1. The summed E-state index contributed by atoms with van der Waals surface area (Å²) in [4.78, 5) is 16.0. The highest BCUT2D eigenvalue weighted by Crippen LogP contribution is 2.28. The van der Waals surface area contributed by atoms with E-state index in [-0.39, 0.29) is 5.91 Å². The van der Waals surface area contributed by atoms with Gasteiger partial charge in [0.1, 0.15) is 11.5 Å². The normalized spacial score (nSPS) is 10.8. The van der Waals surface area contributed by atoms with Crippen LogP contribution in [0.1, 0.15) is 10.4 Å². The average molecular weight is 346 g/mol. The number of carbonyl (C=O) groups excluding carboxylic acids is 1. The van der Waals surface area contributed by atoms with Crippen molar-refractivity contribution in [3.8, 4) is 11.5 Å². The molecule has 0 unspecified atom stereocenters. The van der Waals surface area contributed by atoms with Crippen molar-refractivity contribution in [1.29, 1.82) is 0 Å². The molecule has 0 saturated carbocycles. The van der Waals surface area contributed by atoms with E-state index < -0.39 is 0 Å². The zero-order chi connectivity index (χ0) is 18.1. The van der Waals surface area contributed by atoms with Gasteiger partial charge in [-0.25, -0.2) is 0 Å². The second-order valence-corrected chi connectivity index (χ2v) is 5.99. The maximum atomic E-state index is 12.7. The molecule has 0 spiro atoms. The fourth-order valence-corrected chi connectivity index (χ4v) is 3.07. The van der Waals surface area contributed by atoms with Gasteiger partial charge < -0.3 is 19.8 Å². The third kappa shape index (κ3) is 2.84. The maximum Gasteiger partial charge on any atom is 0.255 e. The molecule has 0 atom stereocenters. The predicted molar refractivity (Wildman–Crippen MR) is 103 cm³/mol. The van der Waals surface area contributed by atoms with Crippen LogP contribution in [-0.4, -0.2) is 25.1 Å². The molecule has 130 valence electrons. The van der Waals surface area contributed by atoms with Crippen molar-refractivity contribution in [2.45, 2.75) is 0 Å². The Balaban J connectivity index is 1.68. The van der Waals surface area contributed by atoms with Gasteiger partial charge in [0.2, 0.25) is 0 Å². The maximum absolute atomic E-state index is 12.7. The van der Waals surface area contributed by atoms with Crippen molar-refractivity contribution in [1.82, 2.24) is 4.98 Å². The molecular formula is C21H18N2O3. The van der Waals surface area contributed by atoms with E-state index in [1.807, 2.05) is 36.4 Å². The number of carbonyl (C=O) groups is 1. The second-order valence-electron chi connectivity index (χ2n) is 5.99. The summed E-state index contributed by atoms with van der Waals surface area (Å²) >= 11 is 0. The van der Waals surface area contributed by atoms with Crippen LogP contribution >= 0.6 is 0 Å². The Morgan fingerprint density at radius 2 is 1.54 bits per heavy atom. The van der Waals surface area contributed by atoms with Gasteiger partial charge in [-0.15, -0.1) is 0 Å². The number of benzene rings is 3. The van der Waals surface area contributed by atoms with Crippen LogP contribution in [0, 0.1) is 0 Å². The predicted octanol–water partition coefficient (Wildman–Crippen LogP) is 4.59. The zero-order valence-electron chi connectivity index (χ0n) is 14.5. The van der Waals surface area contributed by atoms with Crippen molar-refractivity contribution in [3.05, 3.63) is 66.2 Å². The molecule has 0 aliphatic heterocycles. The highest BCUT2D eigenvalue weighted by molar-refractivity contribution is 6.10. The number of rotatable bonds is 4. The first-order valence-corrected chi connectivity index (χ1v) is 8.23. The van der Waals surface area contributed by atoms with Gasteiger partial charge in [-0.2, -0.15) is 0 Å². The minimum atomic E-state index is -0.221. The number of hydrogen-bond donors (Lipinski definition) is 2. The van der Waals surface area contributed by atoms with Crippen LogP contribution in [-0.2, 0) is 0 Å². The molecule has 5 nitrogen and oxygen atoms in total. The Labute approximate surface area is 150 Å². The van der Waals surface area contributed by atoms with Gasteiger partial charge in [-0.05, 0) is 36.4 Å². The van der Waals surface area contributed by atoms with Crippen LogP contribution in [0.3, 0.4) is 0 Å². The molecule has 26 heavy (non-hydrogen) atoms. The van der Waals surface area contributed by atoms with Gasteiger partial charge in [0.15, 0.2) is 0 Å². The van der Waals surface area contributed by atoms with Gasteiger partial charge in [0.25, 0.3) is 5.91 Å². The third-order valence-electron chi connectivity index (χ3n) is 4.38. The standard InChI is InChI=1S/C21H18N2O3/c1-25-15-9-13(10-16(12-15)26-2)21(24)22-14-7-8-20-18(11-14)17-5-3-4-6-19(17)23-20/h3-12,23H,1-2H3,(H,22,24). The number of amides is 1. The first-order valence-electron chi connectivity index (χ1n) is 8.23. The second kappa shape index (κ2) is 6.44. The average Bonchev–Trinajstić information content (AvgIpc) is 3.05.